The Morgan fingerprint density at radius 3 is 2.50 bits per heavy atom. The summed E-state index contributed by atoms with van der Waals surface area (Å²) in [6.45, 7) is 8.92. The molecule has 2 N–H and O–H groups in total. The van der Waals surface area contributed by atoms with Crippen LogP contribution in [0.4, 0.5) is 0 Å². The molecule has 1 aromatic carbocycles. The molecule has 3 heteroatoms. The highest BCUT2D eigenvalue weighted by molar-refractivity contribution is 5.14. The Hall–Kier alpha value is -0.900. The van der Waals surface area contributed by atoms with E-state index < -0.39 is 0 Å². The highest BCUT2D eigenvalue weighted by Crippen LogP contribution is 2.19. The molecule has 0 radical (unpaired) electrons. The maximum atomic E-state index is 5.71. The summed E-state index contributed by atoms with van der Waals surface area (Å²) in [5, 5.41) is 0. The average Bonchev–Trinajstić information content (AvgIpc) is 2.52. The molecule has 20 heavy (non-hydrogen) atoms. The second-order valence-corrected chi connectivity index (χ2v) is 5.76. The van der Waals surface area contributed by atoms with Crippen LogP contribution in [-0.4, -0.2) is 48.6 Å². The third kappa shape index (κ3) is 4.58. The fraction of sp³-hybridized carbons (Fsp3) is 0.647. The summed E-state index contributed by atoms with van der Waals surface area (Å²) >= 11 is 0. The van der Waals surface area contributed by atoms with Gasteiger partial charge in [-0.1, -0.05) is 37.3 Å². The minimum atomic E-state index is 0.726. The van der Waals surface area contributed by atoms with Gasteiger partial charge in [-0.25, -0.2) is 0 Å². The quantitative estimate of drug-likeness (QED) is 0.829. The van der Waals surface area contributed by atoms with E-state index >= 15 is 0 Å². The molecule has 1 aliphatic heterocycles. The van der Waals surface area contributed by atoms with Crippen molar-refractivity contribution in [3.05, 3.63) is 35.9 Å². The van der Waals surface area contributed by atoms with Crippen LogP contribution in [0.5, 0.6) is 0 Å². The van der Waals surface area contributed by atoms with E-state index in [0.717, 1.165) is 32.1 Å². The molecule has 1 heterocycles. The lowest BCUT2D eigenvalue weighted by atomic mass is 10.0. The van der Waals surface area contributed by atoms with Crippen LogP contribution in [-0.2, 0) is 6.54 Å². The molecule has 1 fully saturated rings. The van der Waals surface area contributed by atoms with Gasteiger partial charge in [0.05, 0.1) is 0 Å². The van der Waals surface area contributed by atoms with Gasteiger partial charge in [-0.15, -0.1) is 0 Å². The summed E-state index contributed by atoms with van der Waals surface area (Å²) in [5.74, 6) is 0. The van der Waals surface area contributed by atoms with Crippen LogP contribution in [0.1, 0.15) is 31.7 Å². The third-order valence-corrected chi connectivity index (χ3v) is 4.40. The van der Waals surface area contributed by atoms with Gasteiger partial charge in [0.2, 0.25) is 0 Å². The fourth-order valence-corrected chi connectivity index (χ4v) is 3.10. The lowest BCUT2D eigenvalue weighted by Crippen LogP contribution is -2.45. The monoisotopic (exact) mass is 275 g/mol. The number of piperidine rings is 1. The molecular weight excluding hydrogens is 246 g/mol. The number of benzene rings is 1. The van der Waals surface area contributed by atoms with Crippen LogP contribution >= 0.6 is 0 Å². The number of hydrogen-bond donors (Lipinski definition) is 1. The minimum absolute atomic E-state index is 0.726. The molecule has 2 rings (SSSR count). The van der Waals surface area contributed by atoms with E-state index in [-0.39, 0.29) is 0 Å². The van der Waals surface area contributed by atoms with Gasteiger partial charge in [0, 0.05) is 12.6 Å². The van der Waals surface area contributed by atoms with Gasteiger partial charge in [-0.05, 0) is 57.5 Å². The van der Waals surface area contributed by atoms with E-state index in [9.17, 15) is 0 Å². The van der Waals surface area contributed by atoms with Crippen molar-refractivity contribution in [1.82, 2.24) is 9.80 Å². The SMILES string of the molecule is CCN1CCC(N(CCCN)Cc2ccccc2)CC1. The summed E-state index contributed by atoms with van der Waals surface area (Å²) in [7, 11) is 0. The molecule has 0 unspecified atom stereocenters. The van der Waals surface area contributed by atoms with Gasteiger partial charge in [0.15, 0.2) is 0 Å². The molecule has 0 amide bonds. The van der Waals surface area contributed by atoms with Crippen molar-refractivity contribution in [2.24, 2.45) is 5.73 Å². The molecule has 0 aliphatic carbocycles. The second kappa shape index (κ2) is 8.40. The molecular formula is C17H29N3. The Balaban J connectivity index is 1.93. The summed E-state index contributed by atoms with van der Waals surface area (Å²) in [5.41, 5.74) is 7.13. The topological polar surface area (TPSA) is 32.5 Å². The smallest absolute Gasteiger partial charge is 0.0236 e. The largest absolute Gasteiger partial charge is 0.330 e. The van der Waals surface area contributed by atoms with Crippen molar-refractivity contribution in [2.45, 2.75) is 38.8 Å². The first-order chi connectivity index (χ1) is 9.83. The van der Waals surface area contributed by atoms with Crippen LogP contribution in [0.3, 0.4) is 0 Å². The first kappa shape index (κ1) is 15.5. The van der Waals surface area contributed by atoms with Gasteiger partial charge in [0.25, 0.3) is 0 Å². The predicted octanol–water partition coefficient (Wildman–Crippen LogP) is 2.32. The maximum absolute atomic E-state index is 5.71. The second-order valence-electron chi connectivity index (χ2n) is 5.76. The van der Waals surface area contributed by atoms with E-state index in [1.54, 1.807) is 0 Å². The van der Waals surface area contributed by atoms with E-state index in [1.807, 2.05) is 0 Å². The Bertz CT molecular complexity index is 358. The van der Waals surface area contributed by atoms with Crippen molar-refractivity contribution < 1.29 is 0 Å². The highest BCUT2D eigenvalue weighted by atomic mass is 15.2. The third-order valence-electron chi connectivity index (χ3n) is 4.40. The molecule has 1 saturated heterocycles. The van der Waals surface area contributed by atoms with Crippen LogP contribution in [0.2, 0.25) is 0 Å². The Labute approximate surface area is 123 Å². The zero-order chi connectivity index (χ0) is 14.2. The van der Waals surface area contributed by atoms with Gasteiger partial charge in [0.1, 0.15) is 0 Å². The normalized spacial score (nSPS) is 17.8. The predicted molar refractivity (Wildman–Crippen MR) is 85.7 cm³/mol. The number of likely N-dealkylation sites (tertiary alicyclic amines) is 1. The molecule has 1 aromatic rings. The Kier molecular flexibility index (Phi) is 6.51. The average molecular weight is 275 g/mol. The van der Waals surface area contributed by atoms with Crippen LogP contribution in [0, 0.1) is 0 Å². The van der Waals surface area contributed by atoms with Gasteiger partial charge >= 0.3 is 0 Å². The number of nitrogens with zero attached hydrogens (tertiary/aromatic N) is 2. The van der Waals surface area contributed by atoms with E-state index in [2.05, 4.69) is 47.1 Å². The van der Waals surface area contributed by atoms with E-state index in [4.69, 9.17) is 5.73 Å². The molecule has 0 spiro atoms. The maximum Gasteiger partial charge on any atom is 0.0236 e. The first-order valence-electron chi connectivity index (χ1n) is 8.04. The molecule has 0 aromatic heterocycles. The van der Waals surface area contributed by atoms with Crippen molar-refractivity contribution >= 4 is 0 Å². The summed E-state index contributed by atoms with van der Waals surface area (Å²) in [6, 6.07) is 11.6. The summed E-state index contributed by atoms with van der Waals surface area (Å²) < 4.78 is 0. The van der Waals surface area contributed by atoms with Crippen molar-refractivity contribution in [1.29, 1.82) is 0 Å². The molecule has 3 nitrogen and oxygen atoms in total. The van der Waals surface area contributed by atoms with Crippen LogP contribution in [0.25, 0.3) is 0 Å². The van der Waals surface area contributed by atoms with Gasteiger partial charge in [-0.3, -0.25) is 4.90 Å². The molecule has 1 aliphatic rings. The standard InChI is InChI=1S/C17H29N3/c1-2-19-13-9-17(10-14-19)20(12-6-11-18)15-16-7-4-3-5-8-16/h3-5,7-8,17H,2,6,9-15,18H2,1H3. The van der Waals surface area contributed by atoms with Gasteiger partial charge in [-0.2, -0.15) is 0 Å². The fourth-order valence-electron chi connectivity index (χ4n) is 3.10. The first-order valence-corrected chi connectivity index (χ1v) is 8.04. The summed E-state index contributed by atoms with van der Waals surface area (Å²) in [4.78, 5) is 5.20. The van der Waals surface area contributed by atoms with E-state index in [1.165, 1.54) is 38.0 Å². The van der Waals surface area contributed by atoms with Crippen LogP contribution in [0.15, 0.2) is 30.3 Å². The van der Waals surface area contributed by atoms with E-state index in [0.29, 0.717) is 0 Å². The van der Waals surface area contributed by atoms with Crippen LogP contribution < -0.4 is 5.73 Å². The number of nitrogens with two attached hydrogens (primary N) is 1. The Morgan fingerprint density at radius 1 is 1.20 bits per heavy atom. The number of rotatable bonds is 7. The van der Waals surface area contributed by atoms with Crippen molar-refractivity contribution in [3.8, 4) is 0 Å². The minimum Gasteiger partial charge on any atom is -0.330 e. The highest BCUT2D eigenvalue weighted by Gasteiger charge is 2.23. The molecule has 0 atom stereocenters. The van der Waals surface area contributed by atoms with Crippen molar-refractivity contribution in [3.63, 3.8) is 0 Å². The number of hydrogen-bond acceptors (Lipinski definition) is 3. The Morgan fingerprint density at radius 2 is 1.90 bits per heavy atom. The lowest BCUT2D eigenvalue weighted by molar-refractivity contribution is 0.104. The zero-order valence-electron chi connectivity index (χ0n) is 12.8. The van der Waals surface area contributed by atoms with Crippen molar-refractivity contribution in [2.75, 3.05) is 32.7 Å². The zero-order valence-corrected chi connectivity index (χ0v) is 12.8. The molecule has 0 bridgehead atoms. The summed E-state index contributed by atoms with van der Waals surface area (Å²) in [6.07, 6.45) is 3.69. The molecule has 0 saturated carbocycles. The molecule has 112 valence electrons. The lowest BCUT2D eigenvalue weighted by Gasteiger charge is -2.38. The van der Waals surface area contributed by atoms with Gasteiger partial charge < -0.3 is 10.6 Å².